The fourth-order valence-electron chi connectivity index (χ4n) is 7.32. The fraction of sp³-hybridized carbons (Fsp3) is 0.513. The van der Waals surface area contributed by atoms with E-state index in [4.69, 9.17) is 19.5 Å². The first-order chi connectivity index (χ1) is 22.7. The number of fused-ring (bicyclic) bond motifs is 7. The lowest BCUT2D eigenvalue weighted by atomic mass is 9.76. The highest BCUT2D eigenvalue weighted by atomic mass is 16.5. The lowest BCUT2D eigenvalue weighted by molar-refractivity contribution is -0.155. The predicted octanol–water partition coefficient (Wildman–Crippen LogP) is 7.40. The third kappa shape index (κ3) is 6.94. The van der Waals surface area contributed by atoms with Crippen LogP contribution in [0.2, 0.25) is 0 Å². The third-order valence-corrected chi connectivity index (χ3v) is 9.95. The van der Waals surface area contributed by atoms with E-state index in [2.05, 4.69) is 97.5 Å². The predicted molar refractivity (Wildman–Crippen MR) is 191 cm³/mol. The molecule has 7 rings (SSSR count). The lowest BCUT2D eigenvalue weighted by Gasteiger charge is -2.47. The summed E-state index contributed by atoms with van der Waals surface area (Å²) in [7, 11) is 2.07. The van der Waals surface area contributed by atoms with Gasteiger partial charge in [-0.25, -0.2) is 19.8 Å². The Morgan fingerprint density at radius 3 is 2.56 bits per heavy atom. The average molecular weight is 654 g/mol. The second-order valence-electron chi connectivity index (χ2n) is 15.2. The molecule has 0 radical (unpaired) electrons. The van der Waals surface area contributed by atoms with Crippen LogP contribution in [0.5, 0.6) is 5.75 Å². The van der Waals surface area contributed by atoms with E-state index in [1.165, 1.54) is 0 Å². The molecule has 6 bridgehead atoms. The maximum Gasteiger partial charge on any atom is 0.337 e. The van der Waals surface area contributed by atoms with Crippen molar-refractivity contribution in [2.45, 2.75) is 98.0 Å². The van der Waals surface area contributed by atoms with Gasteiger partial charge in [0.2, 0.25) is 0 Å². The Balaban J connectivity index is 1.49. The lowest BCUT2D eigenvalue weighted by Crippen LogP contribution is -2.50. The number of benzene rings is 2. The van der Waals surface area contributed by atoms with Gasteiger partial charge in [-0.3, -0.25) is 4.99 Å². The number of hydrogen-bond donors (Lipinski definition) is 1. The van der Waals surface area contributed by atoms with E-state index in [1.807, 2.05) is 27.7 Å². The van der Waals surface area contributed by atoms with Gasteiger partial charge in [-0.15, -0.1) is 0 Å². The minimum Gasteiger partial charge on any atom is -0.488 e. The molecule has 3 atom stereocenters. The van der Waals surface area contributed by atoms with Crippen LogP contribution in [0.1, 0.15) is 84.4 Å². The molecule has 0 aromatic heterocycles. The third-order valence-electron chi connectivity index (χ3n) is 9.95. The number of carboxylic acid groups (broad SMARTS) is 1. The molecule has 1 N–H and O–H groups in total. The molecule has 9 nitrogen and oxygen atoms in total. The largest absolute Gasteiger partial charge is 0.488 e. The Morgan fingerprint density at radius 1 is 1.10 bits per heavy atom. The molecule has 0 saturated carbocycles. The molecule has 2 aromatic rings. The molecule has 5 aliphatic heterocycles. The van der Waals surface area contributed by atoms with Crippen LogP contribution in [0, 0.1) is 12.3 Å². The smallest absolute Gasteiger partial charge is 0.337 e. The zero-order valence-electron chi connectivity index (χ0n) is 29.8. The SMILES string of the molecule is CC1=NC2=CC3c4cccc(c4)-c4cc(C)ccc4O[C@@H](C)CN=CCCC4(C)CCN(CC4)C(=C1[C@H](OC(C)(C)C)C(=O)O)N2N3C. The number of hydrazine groups is 1. The second kappa shape index (κ2) is 13.2. The Hall–Kier alpha value is -3.95. The topological polar surface area (TPSA) is 90.2 Å². The van der Waals surface area contributed by atoms with Gasteiger partial charge in [0, 0.05) is 31.4 Å². The number of hydrogen-bond acceptors (Lipinski definition) is 8. The van der Waals surface area contributed by atoms with Crippen LogP contribution in [0.25, 0.3) is 11.1 Å². The highest BCUT2D eigenvalue weighted by Gasteiger charge is 2.45. The van der Waals surface area contributed by atoms with Gasteiger partial charge in [0.25, 0.3) is 0 Å². The van der Waals surface area contributed by atoms with Crippen molar-refractivity contribution in [1.82, 2.24) is 14.9 Å². The van der Waals surface area contributed by atoms with Crippen LogP contribution in [0.15, 0.2) is 75.7 Å². The summed E-state index contributed by atoms with van der Waals surface area (Å²) >= 11 is 0. The van der Waals surface area contributed by atoms with Crippen molar-refractivity contribution < 1.29 is 19.4 Å². The first-order valence-electron chi connectivity index (χ1n) is 17.3. The molecule has 0 spiro atoms. The zero-order chi connectivity index (χ0) is 34.4. The van der Waals surface area contributed by atoms with Gasteiger partial charge >= 0.3 is 5.97 Å². The highest BCUT2D eigenvalue weighted by molar-refractivity contribution is 6.05. The van der Waals surface area contributed by atoms with Crippen LogP contribution < -0.4 is 4.74 Å². The van der Waals surface area contributed by atoms with Gasteiger partial charge in [-0.05, 0) is 114 Å². The van der Waals surface area contributed by atoms with Crippen molar-refractivity contribution in [1.29, 1.82) is 0 Å². The van der Waals surface area contributed by atoms with E-state index in [0.29, 0.717) is 17.8 Å². The van der Waals surface area contributed by atoms with Crippen LogP contribution in [0.3, 0.4) is 0 Å². The fourth-order valence-corrected chi connectivity index (χ4v) is 7.32. The molecule has 9 heteroatoms. The monoisotopic (exact) mass is 653 g/mol. The molecule has 5 aliphatic rings. The number of aliphatic carboxylic acids is 1. The first kappa shape index (κ1) is 33.9. The minimum atomic E-state index is -1.17. The van der Waals surface area contributed by atoms with E-state index in [9.17, 15) is 9.90 Å². The normalized spacial score (nSPS) is 25.7. The molecule has 48 heavy (non-hydrogen) atoms. The summed E-state index contributed by atoms with van der Waals surface area (Å²) < 4.78 is 12.8. The van der Waals surface area contributed by atoms with Crippen LogP contribution in [0.4, 0.5) is 0 Å². The molecule has 1 unspecified atom stereocenters. The maximum atomic E-state index is 12.9. The van der Waals surface area contributed by atoms with Gasteiger partial charge < -0.3 is 19.5 Å². The van der Waals surface area contributed by atoms with E-state index < -0.39 is 17.7 Å². The summed E-state index contributed by atoms with van der Waals surface area (Å²) in [6.07, 6.45) is 6.96. The molecular weight excluding hydrogens is 602 g/mol. The molecule has 1 fully saturated rings. The molecular formula is C39H51N5O4. The number of carbonyl (C=O) groups is 1. The molecule has 0 aliphatic carbocycles. The van der Waals surface area contributed by atoms with Gasteiger partial charge in [0.1, 0.15) is 23.5 Å². The van der Waals surface area contributed by atoms with Crippen LogP contribution in [-0.2, 0) is 9.53 Å². The summed E-state index contributed by atoms with van der Waals surface area (Å²) in [4.78, 5) is 25.1. The van der Waals surface area contributed by atoms with E-state index in [0.717, 1.165) is 78.4 Å². The number of aryl methyl sites for hydroxylation is 1. The van der Waals surface area contributed by atoms with Gasteiger partial charge in [-0.1, -0.05) is 36.8 Å². The average Bonchev–Trinajstić information content (AvgIpc) is 3.35. The van der Waals surface area contributed by atoms with Crippen molar-refractivity contribution >= 4 is 17.9 Å². The number of rotatable bonds is 3. The standard InChI is InChI=1S/C39H51N5O4/c1-25-13-14-32-30(21-25)28-11-9-12-29(22-28)31-23-33-41-27(3)34(35(37(45)46)48-38(4,5)6)36(44(33)42(31)8)43-19-16-39(7,17-20-43)15-10-18-40-24-26(2)47-32/h9,11-14,18,21-23,26,31,35H,10,15-17,19-20,24H2,1-8H3,(H,45,46)/t26-,31?,35-/m0/s1. The van der Waals surface area contributed by atoms with Gasteiger partial charge in [0.05, 0.1) is 23.8 Å². The Bertz CT molecular complexity index is 1680. The van der Waals surface area contributed by atoms with E-state index in [1.54, 1.807) is 0 Å². The molecule has 2 aromatic carbocycles. The van der Waals surface area contributed by atoms with Crippen LogP contribution in [-0.4, -0.2) is 82.4 Å². The molecule has 256 valence electrons. The Kier molecular flexibility index (Phi) is 9.30. The highest BCUT2D eigenvalue weighted by Crippen LogP contribution is 2.45. The van der Waals surface area contributed by atoms with Crippen molar-refractivity contribution in [2.24, 2.45) is 15.4 Å². The molecule has 5 heterocycles. The summed E-state index contributed by atoms with van der Waals surface area (Å²) in [5.74, 6) is 1.48. The summed E-state index contributed by atoms with van der Waals surface area (Å²) in [5, 5.41) is 14.9. The van der Waals surface area contributed by atoms with E-state index >= 15 is 0 Å². The van der Waals surface area contributed by atoms with Crippen molar-refractivity contribution in [3.63, 3.8) is 0 Å². The Morgan fingerprint density at radius 2 is 1.85 bits per heavy atom. The van der Waals surface area contributed by atoms with Crippen molar-refractivity contribution in [2.75, 3.05) is 26.7 Å². The van der Waals surface area contributed by atoms with Gasteiger partial charge in [-0.2, -0.15) is 0 Å². The summed E-state index contributed by atoms with van der Waals surface area (Å²) in [6, 6.07) is 14.8. The van der Waals surface area contributed by atoms with Crippen molar-refractivity contribution in [3.05, 3.63) is 76.9 Å². The number of ether oxygens (including phenoxy) is 2. The summed E-state index contributed by atoms with van der Waals surface area (Å²) in [5.41, 5.74) is 5.17. The minimum absolute atomic E-state index is 0.0608. The summed E-state index contributed by atoms with van der Waals surface area (Å²) in [6.45, 7) is 16.4. The number of carboxylic acids is 1. The van der Waals surface area contributed by atoms with E-state index in [-0.39, 0.29) is 17.6 Å². The first-order valence-corrected chi connectivity index (χ1v) is 17.3. The quantitative estimate of drug-likeness (QED) is 0.369. The molecule has 1 saturated heterocycles. The number of nitrogens with zero attached hydrogens (tertiary/aromatic N) is 5. The second-order valence-corrected chi connectivity index (χ2v) is 15.2. The van der Waals surface area contributed by atoms with Crippen LogP contribution >= 0.6 is 0 Å². The zero-order valence-corrected chi connectivity index (χ0v) is 29.8. The van der Waals surface area contributed by atoms with Gasteiger partial charge in [0.15, 0.2) is 6.10 Å². The Labute approximate surface area is 285 Å². The number of piperidine rings is 1. The number of aliphatic imine (C=N–C) groups is 2. The maximum absolute atomic E-state index is 12.9. The molecule has 0 amide bonds. The number of likely N-dealkylation sites (N-methyl/N-ethyl adjacent to an activating group) is 1. The van der Waals surface area contributed by atoms with Crippen molar-refractivity contribution in [3.8, 4) is 16.9 Å².